The molecule has 25 heavy (non-hydrogen) atoms. The predicted molar refractivity (Wildman–Crippen MR) is 95.8 cm³/mol. The second-order valence-electron chi connectivity index (χ2n) is 5.39. The lowest BCUT2D eigenvalue weighted by Gasteiger charge is -2.13. The van der Waals surface area contributed by atoms with E-state index in [0.29, 0.717) is 17.0 Å². The Balaban J connectivity index is 1.68. The average Bonchev–Trinajstić information content (AvgIpc) is 2.94. The van der Waals surface area contributed by atoms with E-state index in [1.807, 2.05) is 12.1 Å². The molecule has 0 saturated carbocycles. The van der Waals surface area contributed by atoms with Crippen LogP contribution in [0.25, 0.3) is 0 Å². The summed E-state index contributed by atoms with van der Waals surface area (Å²) in [5, 5.41) is 2.57. The number of carbonyl (C=O) groups excluding carboxylic acids is 3. The molecule has 0 unspecified atom stereocenters. The highest BCUT2D eigenvalue weighted by Gasteiger charge is 2.29. The molecule has 1 N–H and O–H groups in total. The lowest BCUT2D eigenvalue weighted by atomic mass is 10.1. The van der Waals surface area contributed by atoms with Crippen molar-refractivity contribution in [3.8, 4) is 5.75 Å². The van der Waals surface area contributed by atoms with Gasteiger partial charge in [0, 0.05) is 5.56 Å². The fourth-order valence-electron chi connectivity index (χ4n) is 2.42. The molecule has 0 bridgehead atoms. The van der Waals surface area contributed by atoms with E-state index in [9.17, 15) is 14.4 Å². The number of para-hydroxylation sites is 2. The first-order valence-electron chi connectivity index (χ1n) is 7.59. The normalized spacial score (nSPS) is 13.9. The van der Waals surface area contributed by atoms with Gasteiger partial charge in [-0.05, 0) is 29.8 Å². The van der Waals surface area contributed by atoms with Crippen LogP contribution in [-0.2, 0) is 11.3 Å². The number of rotatable bonds is 5. The van der Waals surface area contributed by atoms with Crippen LogP contribution in [0.2, 0.25) is 0 Å². The first kappa shape index (κ1) is 17.0. The number of amides is 3. The molecule has 3 amide bonds. The Morgan fingerprint density at radius 3 is 2.52 bits per heavy atom. The van der Waals surface area contributed by atoms with Crippen LogP contribution in [-0.4, -0.2) is 34.8 Å². The van der Waals surface area contributed by atoms with E-state index in [-0.39, 0.29) is 29.4 Å². The maximum atomic E-state index is 12.4. The van der Waals surface area contributed by atoms with Gasteiger partial charge in [-0.2, -0.15) is 0 Å². The van der Waals surface area contributed by atoms with Crippen molar-refractivity contribution in [1.82, 2.24) is 4.90 Å². The summed E-state index contributed by atoms with van der Waals surface area (Å²) in [6, 6.07) is 14.0. The van der Waals surface area contributed by atoms with Crippen LogP contribution in [0.4, 0.5) is 10.5 Å². The highest BCUT2D eigenvalue weighted by Crippen LogP contribution is 2.24. The lowest BCUT2D eigenvalue weighted by molar-refractivity contribution is -0.125. The molecule has 3 rings (SSSR count). The molecule has 1 aliphatic heterocycles. The van der Waals surface area contributed by atoms with E-state index < -0.39 is 0 Å². The van der Waals surface area contributed by atoms with E-state index in [0.717, 1.165) is 17.3 Å². The molecule has 0 atom stereocenters. The molecule has 0 radical (unpaired) electrons. The molecule has 1 fully saturated rings. The van der Waals surface area contributed by atoms with Crippen molar-refractivity contribution in [3.63, 3.8) is 0 Å². The second-order valence-corrected chi connectivity index (χ2v) is 6.31. The fraction of sp³-hybridized carbons (Fsp3) is 0.167. The first-order valence-corrected chi connectivity index (χ1v) is 8.57. The molecule has 0 aliphatic carbocycles. The lowest BCUT2D eigenvalue weighted by Crippen LogP contribution is -2.27. The summed E-state index contributed by atoms with van der Waals surface area (Å²) < 4.78 is 5.21. The number of ether oxygens (including phenoxy) is 1. The van der Waals surface area contributed by atoms with Crippen molar-refractivity contribution >= 4 is 34.5 Å². The third-order valence-corrected chi connectivity index (χ3v) is 4.61. The molecule has 0 aromatic heterocycles. The molecule has 6 nitrogen and oxygen atoms in total. The Morgan fingerprint density at radius 1 is 1.16 bits per heavy atom. The van der Waals surface area contributed by atoms with Gasteiger partial charge in [-0.15, -0.1) is 0 Å². The summed E-state index contributed by atoms with van der Waals surface area (Å²) in [7, 11) is 1.54. The van der Waals surface area contributed by atoms with Crippen molar-refractivity contribution in [1.29, 1.82) is 0 Å². The van der Waals surface area contributed by atoms with Crippen LogP contribution < -0.4 is 10.1 Å². The number of hydrogen-bond donors (Lipinski definition) is 1. The average molecular weight is 356 g/mol. The summed E-state index contributed by atoms with van der Waals surface area (Å²) in [5.74, 6) is 0.321. The van der Waals surface area contributed by atoms with Gasteiger partial charge in [0.25, 0.3) is 11.1 Å². The monoisotopic (exact) mass is 356 g/mol. The molecule has 2 aromatic rings. The van der Waals surface area contributed by atoms with Crippen LogP contribution in [0.5, 0.6) is 5.75 Å². The zero-order valence-corrected chi connectivity index (χ0v) is 14.3. The van der Waals surface area contributed by atoms with Gasteiger partial charge in [0.2, 0.25) is 5.91 Å². The third-order valence-electron chi connectivity index (χ3n) is 3.75. The summed E-state index contributed by atoms with van der Waals surface area (Å²) in [6.45, 7) is 0.221. The standard InChI is InChI=1S/C18H16N2O4S/c1-24-15-5-3-2-4-14(15)19-17(22)13-8-6-12(7-9-13)10-20-16(21)11-25-18(20)23/h2-9H,10-11H2,1H3,(H,19,22). The molecule has 1 aliphatic rings. The van der Waals surface area contributed by atoms with Crippen LogP contribution in [0.1, 0.15) is 15.9 Å². The molecular weight excluding hydrogens is 340 g/mol. The molecule has 1 heterocycles. The summed E-state index contributed by atoms with van der Waals surface area (Å²) in [5.41, 5.74) is 1.85. The number of nitrogens with one attached hydrogen (secondary N) is 1. The van der Waals surface area contributed by atoms with Crippen molar-refractivity contribution in [2.45, 2.75) is 6.54 Å². The maximum absolute atomic E-state index is 12.4. The van der Waals surface area contributed by atoms with Gasteiger partial charge < -0.3 is 10.1 Å². The van der Waals surface area contributed by atoms with Crippen molar-refractivity contribution < 1.29 is 19.1 Å². The highest BCUT2D eigenvalue weighted by atomic mass is 32.2. The van der Waals surface area contributed by atoms with Gasteiger partial charge in [0.1, 0.15) is 5.75 Å². The van der Waals surface area contributed by atoms with Gasteiger partial charge in [-0.3, -0.25) is 19.3 Å². The molecule has 2 aromatic carbocycles. The first-order chi connectivity index (χ1) is 12.1. The number of benzene rings is 2. The number of imide groups is 1. The Labute approximate surface area is 149 Å². The summed E-state index contributed by atoms with van der Waals surface area (Å²) in [4.78, 5) is 36.8. The zero-order valence-electron chi connectivity index (χ0n) is 13.5. The van der Waals surface area contributed by atoms with E-state index in [2.05, 4.69) is 5.32 Å². The van der Waals surface area contributed by atoms with Crippen molar-refractivity contribution in [2.24, 2.45) is 0 Å². The van der Waals surface area contributed by atoms with Gasteiger partial charge >= 0.3 is 0 Å². The van der Waals surface area contributed by atoms with Crippen LogP contribution in [0.3, 0.4) is 0 Å². The molecule has 128 valence electrons. The zero-order chi connectivity index (χ0) is 17.8. The van der Waals surface area contributed by atoms with Gasteiger partial charge in [-0.1, -0.05) is 36.0 Å². The molecular formula is C18H16N2O4S. The highest BCUT2D eigenvalue weighted by molar-refractivity contribution is 8.14. The van der Waals surface area contributed by atoms with E-state index in [1.54, 1.807) is 43.5 Å². The minimum Gasteiger partial charge on any atom is -0.495 e. The smallest absolute Gasteiger partial charge is 0.289 e. The van der Waals surface area contributed by atoms with Crippen molar-refractivity contribution in [3.05, 3.63) is 59.7 Å². The Kier molecular flexibility index (Phi) is 5.04. The minimum absolute atomic E-state index is 0.187. The second kappa shape index (κ2) is 7.40. The number of thioether (sulfide) groups is 1. The Morgan fingerprint density at radius 2 is 1.88 bits per heavy atom. The largest absolute Gasteiger partial charge is 0.495 e. The predicted octanol–water partition coefficient (Wildman–Crippen LogP) is 3.14. The quantitative estimate of drug-likeness (QED) is 0.891. The van der Waals surface area contributed by atoms with Gasteiger partial charge in [0.15, 0.2) is 0 Å². The van der Waals surface area contributed by atoms with Crippen LogP contribution in [0, 0.1) is 0 Å². The summed E-state index contributed by atoms with van der Waals surface area (Å²) in [6.07, 6.45) is 0. The summed E-state index contributed by atoms with van der Waals surface area (Å²) >= 11 is 1.01. The number of nitrogens with zero attached hydrogens (tertiary/aromatic N) is 1. The van der Waals surface area contributed by atoms with Gasteiger partial charge in [-0.25, -0.2) is 0 Å². The minimum atomic E-state index is -0.264. The van der Waals surface area contributed by atoms with E-state index in [1.165, 1.54) is 4.90 Å². The van der Waals surface area contributed by atoms with Gasteiger partial charge in [0.05, 0.1) is 25.1 Å². The van der Waals surface area contributed by atoms with Crippen LogP contribution >= 0.6 is 11.8 Å². The fourth-order valence-corrected chi connectivity index (χ4v) is 3.15. The third kappa shape index (κ3) is 3.83. The Bertz CT molecular complexity index is 804. The Hall–Kier alpha value is -2.80. The number of methoxy groups -OCH3 is 1. The maximum Gasteiger partial charge on any atom is 0.289 e. The number of carbonyl (C=O) groups is 3. The number of hydrogen-bond acceptors (Lipinski definition) is 5. The SMILES string of the molecule is COc1ccccc1NC(=O)c1ccc(CN2C(=O)CSC2=O)cc1. The van der Waals surface area contributed by atoms with E-state index in [4.69, 9.17) is 4.74 Å². The van der Waals surface area contributed by atoms with E-state index >= 15 is 0 Å². The number of anilines is 1. The molecule has 0 spiro atoms. The van der Waals surface area contributed by atoms with Crippen molar-refractivity contribution in [2.75, 3.05) is 18.2 Å². The molecule has 1 saturated heterocycles. The topological polar surface area (TPSA) is 75.7 Å². The van der Waals surface area contributed by atoms with Crippen LogP contribution in [0.15, 0.2) is 48.5 Å². The molecule has 7 heteroatoms.